The first kappa shape index (κ1) is 30.3. The van der Waals surface area contributed by atoms with Gasteiger partial charge in [-0.25, -0.2) is 32.9 Å². The Morgan fingerprint density at radius 1 is 0.977 bits per heavy atom. The number of hydrogen-bond acceptors (Lipinski definition) is 7. The molecule has 1 atom stereocenters. The van der Waals surface area contributed by atoms with Crippen molar-refractivity contribution in [3.05, 3.63) is 53.4 Å². The number of benzene rings is 1. The van der Waals surface area contributed by atoms with Gasteiger partial charge in [-0.1, -0.05) is 6.07 Å². The van der Waals surface area contributed by atoms with Crippen molar-refractivity contribution in [2.24, 2.45) is 5.92 Å². The van der Waals surface area contributed by atoms with E-state index in [1.54, 1.807) is 17.2 Å². The SMILES string of the molecule is O=C(O)C(F)(F)F.O=C(c1cc2nc(NC3CC3)c(N3CCC([C@@H](F)c4ccc(F)cc4F)CC3)nc2cn1)N1CCC1. The molecule has 0 spiro atoms. The van der Waals surface area contributed by atoms with E-state index >= 15 is 4.39 Å². The van der Waals surface area contributed by atoms with Crippen LogP contribution in [0.2, 0.25) is 0 Å². The van der Waals surface area contributed by atoms with Crippen molar-refractivity contribution in [1.82, 2.24) is 19.9 Å². The van der Waals surface area contributed by atoms with E-state index in [2.05, 4.69) is 15.2 Å². The topological polar surface area (TPSA) is 112 Å². The number of carbonyl (C=O) groups excluding carboxylic acids is 1. The number of anilines is 2. The Morgan fingerprint density at radius 2 is 1.65 bits per heavy atom. The largest absolute Gasteiger partial charge is 0.490 e. The fraction of sp³-hybridized carbons (Fsp3) is 0.464. The first-order chi connectivity index (χ1) is 20.4. The number of likely N-dealkylation sites (tertiary alicyclic amines) is 1. The van der Waals surface area contributed by atoms with Crippen LogP contribution in [0, 0.1) is 17.6 Å². The maximum Gasteiger partial charge on any atom is 0.490 e. The Morgan fingerprint density at radius 3 is 2.21 bits per heavy atom. The lowest BCUT2D eigenvalue weighted by Crippen LogP contribution is -2.42. The van der Waals surface area contributed by atoms with Crippen LogP contribution in [-0.4, -0.2) is 75.2 Å². The number of nitrogens with zero attached hydrogens (tertiary/aromatic N) is 5. The van der Waals surface area contributed by atoms with Crippen molar-refractivity contribution in [3.63, 3.8) is 0 Å². The average molecular weight is 611 g/mol. The molecule has 43 heavy (non-hydrogen) atoms. The molecule has 0 unspecified atom stereocenters. The summed E-state index contributed by atoms with van der Waals surface area (Å²) in [6.07, 6.45) is -0.861. The third kappa shape index (κ3) is 7.08. The quantitative estimate of drug-likeness (QED) is 0.363. The molecule has 3 fully saturated rings. The monoisotopic (exact) mass is 610 g/mol. The van der Waals surface area contributed by atoms with Gasteiger partial charge in [0, 0.05) is 43.9 Å². The van der Waals surface area contributed by atoms with E-state index in [0.717, 1.165) is 44.5 Å². The molecule has 3 aliphatic rings. The van der Waals surface area contributed by atoms with Crippen molar-refractivity contribution >= 4 is 34.5 Å². The van der Waals surface area contributed by atoms with Gasteiger partial charge in [-0.2, -0.15) is 13.2 Å². The highest BCUT2D eigenvalue weighted by molar-refractivity contribution is 5.96. The van der Waals surface area contributed by atoms with Gasteiger partial charge < -0.3 is 20.2 Å². The van der Waals surface area contributed by atoms with Crippen molar-refractivity contribution in [2.75, 3.05) is 36.4 Å². The number of hydrogen-bond donors (Lipinski definition) is 2. The van der Waals surface area contributed by atoms with Crippen molar-refractivity contribution in [1.29, 1.82) is 0 Å². The lowest BCUT2D eigenvalue weighted by molar-refractivity contribution is -0.192. The summed E-state index contributed by atoms with van der Waals surface area (Å²) in [7, 11) is 0. The molecular formula is C28H28F6N6O3. The number of aliphatic carboxylic acids is 1. The number of rotatable bonds is 6. The number of carboxylic acids is 1. The molecule has 3 aromatic rings. The van der Waals surface area contributed by atoms with Crippen LogP contribution in [0.4, 0.5) is 38.0 Å². The minimum absolute atomic E-state index is 0.0915. The normalized spacial score (nSPS) is 18.0. The van der Waals surface area contributed by atoms with Crippen LogP contribution in [0.1, 0.15) is 54.3 Å². The summed E-state index contributed by atoms with van der Waals surface area (Å²) in [5.41, 5.74) is 1.46. The summed E-state index contributed by atoms with van der Waals surface area (Å²) in [4.78, 5) is 39.3. The van der Waals surface area contributed by atoms with Gasteiger partial charge in [-0.3, -0.25) is 4.79 Å². The van der Waals surface area contributed by atoms with Gasteiger partial charge in [-0.15, -0.1) is 0 Å². The molecule has 0 bridgehead atoms. The number of piperidine rings is 1. The highest BCUT2D eigenvalue weighted by Gasteiger charge is 2.38. The molecule has 230 valence electrons. The van der Waals surface area contributed by atoms with Crippen LogP contribution in [0.3, 0.4) is 0 Å². The predicted molar refractivity (Wildman–Crippen MR) is 143 cm³/mol. The van der Waals surface area contributed by atoms with Crippen molar-refractivity contribution in [2.45, 2.75) is 50.5 Å². The Hall–Kier alpha value is -4.17. The summed E-state index contributed by atoms with van der Waals surface area (Å²) in [6, 6.07) is 5.06. The van der Waals surface area contributed by atoms with Crippen LogP contribution in [0.15, 0.2) is 30.5 Å². The minimum Gasteiger partial charge on any atom is -0.475 e. The second kappa shape index (κ2) is 12.2. The zero-order valence-corrected chi connectivity index (χ0v) is 22.8. The second-order valence-corrected chi connectivity index (χ2v) is 10.7. The molecule has 9 nitrogen and oxygen atoms in total. The van der Waals surface area contributed by atoms with Crippen LogP contribution >= 0.6 is 0 Å². The van der Waals surface area contributed by atoms with Gasteiger partial charge in [0.15, 0.2) is 11.6 Å². The first-order valence-corrected chi connectivity index (χ1v) is 13.8. The van der Waals surface area contributed by atoms with Crippen molar-refractivity contribution in [3.8, 4) is 0 Å². The van der Waals surface area contributed by atoms with Crippen LogP contribution in [-0.2, 0) is 4.79 Å². The molecule has 4 heterocycles. The fourth-order valence-corrected chi connectivity index (χ4v) is 4.87. The van der Waals surface area contributed by atoms with E-state index in [1.807, 2.05) is 0 Å². The van der Waals surface area contributed by atoms with E-state index in [9.17, 15) is 26.7 Å². The van der Waals surface area contributed by atoms with E-state index in [0.29, 0.717) is 60.3 Å². The molecule has 1 aliphatic carbocycles. The van der Waals surface area contributed by atoms with E-state index < -0.39 is 30.0 Å². The summed E-state index contributed by atoms with van der Waals surface area (Å²) in [5.74, 6) is -3.45. The number of carboxylic acid groups (broad SMARTS) is 1. The highest BCUT2D eigenvalue weighted by atomic mass is 19.4. The number of carbonyl (C=O) groups is 2. The minimum atomic E-state index is -5.08. The van der Waals surface area contributed by atoms with Crippen LogP contribution in [0.5, 0.6) is 0 Å². The Kier molecular flexibility index (Phi) is 8.60. The van der Waals surface area contributed by atoms with Gasteiger partial charge in [0.2, 0.25) is 0 Å². The van der Waals surface area contributed by atoms with E-state index in [1.165, 1.54) is 6.07 Å². The molecular weight excluding hydrogens is 582 g/mol. The summed E-state index contributed by atoms with van der Waals surface area (Å²) in [6.45, 7) is 2.57. The number of alkyl halides is 4. The van der Waals surface area contributed by atoms with Crippen molar-refractivity contribution < 1.29 is 41.0 Å². The van der Waals surface area contributed by atoms with Gasteiger partial charge >= 0.3 is 12.1 Å². The number of nitrogens with one attached hydrogen (secondary N) is 1. The van der Waals surface area contributed by atoms with E-state index in [4.69, 9.17) is 19.9 Å². The van der Waals surface area contributed by atoms with Gasteiger partial charge in [0.05, 0.1) is 11.7 Å². The second-order valence-electron chi connectivity index (χ2n) is 10.7. The first-order valence-electron chi connectivity index (χ1n) is 13.8. The fourth-order valence-electron chi connectivity index (χ4n) is 4.87. The molecule has 1 aromatic carbocycles. The molecule has 2 N–H and O–H groups in total. The average Bonchev–Trinajstić information content (AvgIpc) is 3.75. The summed E-state index contributed by atoms with van der Waals surface area (Å²) >= 11 is 0. The predicted octanol–water partition coefficient (Wildman–Crippen LogP) is 5.28. The number of halogens is 6. The molecule has 15 heteroatoms. The number of amides is 1. The lowest BCUT2D eigenvalue weighted by atomic mass is 9.88. The zero-order valence-electron chi connectivity index (χ0n) is 22.8. The molecule has 1 amide bonds. The smallest absolute Gasteiger partial charge is 0.475 e. The van der Waals surface area contributed by atoms with E-state index in [-0.39, 0.29) is 17.4 Å². The van der Waals surface area contributed by atoms with Gasteiger partial charge in [-0.05, 0) is 50.2 Å². The third-order valence-electron chi connectivity index (χ3n) is 7.57. The number of aromatic nitrogens is 3. The molecule has 2 saturated heterocycles. The molecule has 2 aliphatic heterocycles. The molecule has 2 aromatic heterocycles. The molecule has 0 radical (unpaired) electrons. The number of fused-ring (bicyclic) bond motifs is 1. The number of pyridine rings is 1. The molecule has 1 saturated carbocycles. The zero-order chi connectivity index (χ0) is 30.9. The Labute approximate surface area is 241 Å². The molecule has 6 rings (SSSR count). The van der Waals surface area contributed by atoms with Gasteiger partial charge in [0.25, 0.3) is 5.91 Å². The maximum absolute atomic E-state index is 15.1. The summed E-state index contributed by atoms with van der Waals surface area (Å²) in [5, 5.41) is 10.6. The van der Waals surface area contributed by atoms with Crippen LogP contribution in [0.25, 0.3) is 11.0 Å². The lowest BCUT2D eigenvalue weighted by Gasteiger charge is -2.35. The Bertz CT molecular complexity index is 1510. The highest BCUT2D eigenvalue weighted by Crippen LogP contribution is 2.38. The third-order valence-corrected chi connectivity index (χ3v) is 7.57. The van der Waals surface area contributed by atoms with Crippen LogP contribution < -0.4 is 10.2 Å². The standard InChI is InChI=1S/C26H27F3N6O.C2HF3O2/c27-16-2-5-18(19(28)12-16)23(29)15-6-10-34(11-7-15)25-24(31-17-3-4-17)32-20-13-21(30-14-22(20)33-25)26(36)35-8-1-9-35;3-2(4,5)1(6)7/h2,5,12-15,17,23H,1,3-4,6-11H2,(H,31,32);(H,6,7)/t23-;/m1./s1. The Balaban J connectivity index is 0.000000472. The summed E-state index contributed by atoms with van der Waals surface area (Å²) < 4.78 is 74.2. The van der Waals surface area contributed by atoms with Gasteiger partial charge in [0.1, 0.15) is 29.0 Å². The maximum atomic E-state index is 15.1.